The number of anilines is 1. The normalized spacial score (nSPS) is 16.9. The number of rotatable bonds is 6. The molecule has 14 heteroatoms. The van der Waals surface area contributed by atoms with Gasteiger partial charge < -0.3 is 24.1 Å². The van der Waals surface area contributed by atoms with Crippen LogP contribution in [0.25, 0.3) is 5.57 Å². The van der Waals surface area contributed by atoms with Crippen LogP contribution in [0, 0.1) is 0 Å². The van der Waals surface area contributed by atoms with Crippen molar-refractivity contribution in [3.05, 3.63) is 58.7 Å². The fraction of sp³-hybridized carbons (Fsp3) is 0.385. The molecule has 1 aliphatic rings. The van der Waals surface area contributed by atoms with Gasteiger partial charge in [0.15, 0.2) is 11.5 Å². The van der Waals surface area contributed by atoms with Gasteiger partial charge in [0.1, 0.15) is 0 Å². The maximum absolute atomic E-state index is 13.7. The fourth-order valence-corrected chi connectivity index (χ4v) is 4.38. The van der Waals surface area contributed by atoms with Crippen molar-refractivity contribution in [1.82, 2.24) is 0 Å². The predicted molar refractivity (Wildman–Crippen MR) is 129 cm³/mol. The molecule has 2 aromatic rings. The van der Waals surface area contributed by atoms with E-state index in [4.69, 9.17) is 14.2 Å². The monoisotopic (exact) mass is 577 g/mol. The van der Waals surface area contributed by atoms with Crippen LogP contribution in [-0.4, -0.2) is 51.1 Å². The molecule has 0 aliphatic carbocycles. The minimum atomic E-state index is -5.27. The smallest absolute Gasteiger partial charge is 0.416 e. The summed E-state index contributed by atoms with van der Waals surface area (Å²) in [5, 5.41) is 11.9. The molecule has 218 valence electrons. The zero-order valence-electron chi connectivity index (χ0n) is 21.9. The summed E-state index contributed by atoms with van der Waals surface area (Å²) in [6.45, 7) is 2.95. The summed E-state index contributed by atoms with van der Waals surface area (Å²) in [4.78, 5) is 27.1. The quantitative estimate of drug-likeness (QED) is 0.356. The predicted octanol–water partition coefficient (Wildman–Crippen LogP) is 5.55. The van der Waals surface area contributed by atoms with Crippen LogP contribution in [0.1, 0.15) is 36.1 Å². The number of benzene rings is 2. The van der Waals surface area contributed by atoms with Gasteiger partial charge in [0.2, 0.25) is 5.60 Å². The number of nitrogens with zero attached hydrogens (tertiary/aromatic N) is 1. The fourth-order valence-electron chi connectivity index (χ4n) is 4.38. The summed E-state index contributed by atoms with van der Waals surface area (Å²) in [6.07, 6.45) is -10.3. The molecule has 0 saturated carbocycles. The molecule has 2 atom stereocenters. The van der Waals surface area contributed by atoms with E-state index in [-0.39, 0.29) is 47.6 Å². The minimum Gasteiger partial charge on any atom is -0.493 e. The van der Waals surface area contributed by atoms with Crippen LogP contribution in [0.5, 0.6) is 11.5 Å². The van der Waals surface area contributed by atoms with Crippen molar-refractivity contribution in [2.24, 2.45) is 0 Å². The Morgan fingerprint density at radius 3 is 1.82 bits per heavy atom. The van der Waals surface area contributed by atoms with Gasteiger partial charge in [-0.05, 0) is 38.1 Å². The first-order valence-electron chi connectivity index (χ1n) is 11.6. The Kier molecular flexibility index (Phi) is 8.35. The van der Waals surface area contributed by atoms with Gasteiger partial charge in [-0.1, -0.05) is 6.08 Å². The highest BCUT2D eigenvalue weighted by molar-refractivity contribution is 6.04. The molecule has 3 rings (SSSR count). The number of carbonyl (C=O) groups is 2. The Balaban J connectivity index is 2.45. The van der Waals surface area contributed by atoms with E-state index in [9.17, 15) is 41.0 Å². The minimum absolute atomic E-state index is 0.0118. The molecule has 8 nitrogen and oxygen atoms in total. The maximum Gasteiger partial charge on any atom is 0.416 e. The first-order chi connectivity index (χ1) is 18.5. The molecular formula is C26H25F6NO7. The van der Waals surface area contributed by atoms with Crippen molar-refractivity contribution in [2.45, 2.75) is 37.8 Å². The SMILES string of the molecule is CCOC(=O)N1c2cc(OC)c(OC)cc2C([C@@](O)(C(=O)OC)c2cc(C(F)(F)F)cc(C(F)(F)F)c2)=C[C@@H]1C. The van der Waals surface area contributed by atoms with Crippen molar-refractivity contribution >= 4 is 23.3 Å². The third kappa shape index (κ3) is 5.40. The van der Waals surface area contributed by atoms with E-state index in [1.165, 1.54) is 33.3 Å². The number of esters is 1. The molecule has 1 heterocycles. The number of carbonyl (C=O) groups excluding carboxylic acids is 2. The van der Waals surface area contributed by atoms with E-state index in [0.29, 0.717) is 0 Å². The van der Waals surface area contributed by atoms with Crippen LogP contribution in [0.4, 0.5) is 36.8 Å². The molecule has 1 aliphatic heterocycles. The summed E-state index contributed by atoms with van der Waals surface area (Å²) in [5.74, 6) is -1.48. The number of halogens is 6. The lowest BCUT2D eigenvalue weighted by atomic mass is 9.77. The second kappa shape index (κ2) is 10.9. The molecule has 0 spiro atoms. The highest BCUT2D eigenvalue weighted by atomic mass is 19.4. The number of methoxy groups -OCH3 is 3. The summed E-state index contributed by atoms with van der Waals surface area (Å²) in [7, 11) is 3.34. The number of amides is 1. The Labute approximate surface area is 224 Å². The van der Waals surface area contributed by atoms with Crippen LogP contribution < -0.4 is 14.4 Å². The third-order valence-electron chi connectivity index (χ3n) is 6.21. The number of fused-ring (bicyclic) bond motifs is 1. The van der Waals surface area contributed by atoms with Gasteiger partial charge in [-0.25, -0.2) is 9.59 Å². The van der Waals surface area contributed by atoms with Crippen LogP contribution >= 0.6 is 0 Å². The molecule has 0 unspecified atom stereocenters. The van der Waals surface area contributed by atoms with E-state index < -0.39 is 58.3 Å². The zero-order valence-corrected chi connectivity index (χ0v) is 21.9. The second-order valence-electron chi connectivity index (χ2n) is 8.61. The topological polar surface area (TPSA) is 94.5 Å². The van der Waals surface area contributed by atoms with Crippen LogP contribution in [0.3, 0.4) is 0 Å². The summed E-state index contributed by atoms with van der Waals surface area (Å²) in [5.41, 5.74) is -8.44. The Bertz CT molecular complexity index is 1310. The highest BCUT2D eigenvalue weighted by Gasteiger charge is 2.50. The highest BCUT2D eigenvalue weighted by Crippen LogP contribution is 2.50. The van der Waals surface area contributed by atoms with Gasteiger partial charge in [0.25, 0.3) is 0 Å². The molecule has 0 radical (unpaired) electrons. The van der Waals surface area contributed by atoms with Crippen LogP contribution in [-0.2, 0) is 32.2 Å². The summed E-state index contributed by atoms with van der Waals surface area (Å²) < 4.78 is 102. The van der Waals surface area contributed by atoms with E-state index in [0.717, 1.165) is 18.1 Å². The first-order valence-corrected chi connectivity index (χ1v) is 11.6. The zero-order chi connectivity index (χ0) is 30.2. The van der Waals surface area contributed by atoms with Gasteiger partial charge >= 0.3 is 24.4 Å². The molecule has 0 saturated heterocycles. The Morgan fingerprint density at radius 2 is 1.38 bits per heavy atom. The van der Waals surface area contributed by atoms with Gasteiger partial charge in [0.05, 0.1) is 50.8 Å². The van der Waals surface area contributed by atoms with Crippen LogP contribution in [0.2, 0.25) is 0 Å². The number of aliphatic hydroxyl groups is 1. The number of ether oxygens (including phenoxy) is 4. The Morgan fingerprint density at radius 1 is 0.875 bits per heavy atom. The average Bonchev–Trinajstić information content (AvgIpc) is 2.89. The second-order valence-corrected chi connectivity index (χ2v) is 8.61. The lowest BCUT2D eigenvalue weighted by Crippen LogP contribution is -2.45. The molecular weight excluding hydrogens is 552 g/mol. The molecule has 0 fully saturated rings. The molecule has 2 aromatic carbocycles. The summed E-state index contributed by atoms with van der Waals surface area (Å²) >= 11 is 0. The first kappa shape index (κ1) is 30.6. The van der Waals surface area contributed by atoms with Crippen molar-refractivity contribution in [1.29, 1.82) is 0 Å². The van der Waals surface area contributed by atoms with Gasteiger partial charge in [0, 0.05) is 22.8 Å². The molecule has 1 amide bonds. The number of hydrogen-bond acceptors (Lipinski definition) is 7. The van der Waals surface area contributed by atoms with E-state index in [1.54, 1.807) is 6.92 Å². The molecule has 40 heavy (non-hydrogen) atoms. The van der Waals surface area contributed by atoms with Crippen molar-refractivity contribution in [3.8, 4) is 11.5 Å². The van der Waals surface area contributed by atoms with Crippen molar-refractivity contribution in [2.75, 3.05) is 32.8 Å². The van der Waals surface area contributed by atoms with E-state index in [2.05, 4.69) is 4.74 Å². The molecule has 1 N–H and O–H groups in total. The van der Waals surface area contributed by atoms with Crippen molar-refractivity contribution < 1.29 is 60.0 Å². The third-order valence-corrected chi connectivity index (χ3v) is 6.21. The van der Waals surface area contributed by atoms with Gasteiger partial charge in [-0.2, -0.15) is 26.3 Å². The standard InChI is InChI=1S/C26H25F6NO7/c1-6-40-23(35)33-13(2)7-18(17-11-20(37-3)21(38-4)12-19(17)33)24(36,22(34)39-5)14-8-15(25(27,28)29)10-16(9-14)26(30,31)32/h7-13,36H,6H2,1-5H3/t13-,24+/m0/s1. The number of hydrogen-bond donors (Lipinski definition) is 1. The van der Waals surface area contributed by atoms with Gasteiger partial charge in [-0.15, -0.1) is 0 Å². The Hall–Kier alpha value is -3.94. The molecule has 0 bridgehead atoms. The summed E-state index contributed by atoms with van der Waals surface area (Å²) in [6, 6.07) is 1.81. The lowest BCUT2D eigenvalue weighted by molar-refractivity contribution is -0.158. The molecule has 0 aromatic heterocycles. The largest absolute Gasteiger partial charge is 0.493 e. The maximum atomic E-state index is 13.7. The van der Waals surface area contributed by atoms with Crippen molar-refractivity contribution in [3.63, 3.8) is 0 Å². The number of alkyl halides is 6. The van der Waals surface area contributed by atoms with E-state index in [1.807, 2.05) is 0 Å². The lowest BCUT2D eigenvalue weighted by Gasteiger charge is -2.38. The van der Waals surface area contributed by atoms with Crippen LogP contribution in [0.15, 0.2) is 36.4 Å². The van der Waals surface area contributed by atoms with Gasteiger partial charge in [-0.3, -0.25) is 4.90 Å². The van der Waals surface area contributed by atoms with E-state index >= 15 is 0 Å². The average molecular weight is 577 g/mol.